The lowest BCUT2D eigenvalue weighted by atomic mass is 9.56. The van der Waals surface area contributed by atoms with Gasteiger partial charge in [0.2, 0.25) is 17.6 Å². The van der Waals surface area contributed by atoms with Gasteiger partial charge in [-0.05, 0) is 61.2 Å². The number of nitrogens with zero attached hydrogens (tertiary/aromatic N) is 2. The van der Waals surface area contributed by atoms with Crippen molar-refractivity contribution in [3.05, 3.63) is 93.2 Å². The fourth-order valence-corrected chi connectivity index (χ4v) is 8.91. The summed E-state index contributed by atoms with van der Waals surface area (Å²) in [4.78, 5) is 50.8. The summed E-state index contributed by atoms with van der Waals surface area (Å²) in [6.45, 7) is 0. The number of allylic oxidation sites excluding steroid dienone is 2. The number of carbonyl (C=O) groups is 4. The van der Waals surface area contributed by atoms with E-state index in [1.54, 1.807) is 12.1 Å². The number of hydrogen-bond acceptors (Lipinski definition) is 6. The van der Waals surface area contributed by atoms with E-state index in [4.69, 9.17) is 23.2 Å². The zero-order chi connectivity index (χ0) is 38.0. The number of phenols is 1. The highest BCUT2D eigenvalue weighted by Crippen LogP contribution is 2.67. The summed E-state index contributed by atoms with van der Waals surface area (Å²) in [5.74, 6) is -25.8. The van der Waals surface area contributed by atoms with Crippen molar-refractivity contribution in [1.82, 2.24) is 0 Å². The molecule has 272 valence electrons. The zero-order valence-electron chi connectivity index (χ0n) is 25.4. The first kappa shape index (κ1) is 36.2. The van der Waals surface area contributed by atoms with Gasteiger partial charge in [0.05, 0.1) is 17.5 Å². The van der Waals surface area contributed by atoms with Gasteiger partial charge >= 0.3 is 6.36 Å². The molecule has 1 N–H and O–H groups in total. The third kappa shape index (κ3) is 4.91. The van der Waals surface area contributed by atoms with E-state index < -0.39 is 127 Å². The number of benzene rings is 3. The summed E-state index contributed by atoms with van der Waals surface area (Å²) in [5, 5.41) is 11.0. The monoisotopic (exact) mass is 838 g/mol. The third-order valence-corrected chi connectivity index (χ3v) is 11.8. The molecule has 4 aliphatic rings. The van der Waals surface area contributed by atoms with Crippen LogP contribution in [0.1, 0.15) is 24.3 Å². The van der Waals surface area contributed by atoms with Crippen LogP contribution in [0.25, 0.3) is 0 Å². The quantitative estimate of drug-likeness (QED) is 0.0729. The van der Waals surface area contributed by atoms with Crippen LogP contribution >= 0.6 is 39.1 Å². The number of phenolic OH excluding ortho intramolecular Hbond substituents is 1. The van der Waals surface area contributed by atoms with Crippen LogP contribution in [0.4, 0.5) is 46.5 Å². The molecule has 0 bridgehead atoms. The molecule has 2 aliphatic heterocycles. The van der Waals surface area contributed by atoms with Gasteiger partial charge in [-0.15, -0.1) is 36.4 Å². The largest absolute Gasteiger partial charge is 0.573 e. The number of ether oxygens (including phenoxy) is 1. The second-order valence-electron chi connectivity index (χ2n) is 12.4. The van der Waals surface area contributed by atoms with Gasteiger partial charge in [0, 0.05) is 16.0 Å². The maximum absolute atomic E-state index is 15.2. The van der Waals surface area contributed by atoms with Gasteiger partial charge in [0.25, 0.3) is 11.8 Å². The van der Waals surface area contributed by atoms with Gasteiger partial charge in [0.15, 0.2) is 33.0 Å². The molecule has 0 radical (unpaired) electrons. The number of halogens is 11. The molecule has 3 aromatic rings. The van der Waals surface area contributed by atoms with Gasteiger partial charge in [-0.25, -0.2) is 26.9 Å². The second kappa shape index (κ2) is 11.9. The maximum atomic E-state index is 15.2. The van der Waals surface area contributed by atoms with Gasteiger partial charge in [-0.3, -0.25) is 24.1 Å². The van der Waals surface area contributed by atoms with E-state index in [9.17, 15) is 50.6 Å². The molecule has 4 amide bonds. The minimum Gasteiger partial charge on any atom is -0.508 e. The summed E-state index contributed by atoms with van der Waals surface area (Å²) >= 11 is 17.2. The van der Waals surface area contributed by atoms with E-state index in [0.29, 0.717) is 22.7 Å². The standard InChI is InChI=1S/C33H17BrCl2F8N2O6/c34-11-1-3-12(4-2-11)45-27(48)15-7-6-14-17(19(15)28(45)49)10-31(35)29(50)46(26-24(40)22(38)21(37)23(39)25(26)41)30(51)32(31,36)20(14)16-9-13(5-8-18(16)47)52-33(42,43)44/h1-6,8-9,15,17,19-20,47H,7,10H2. The molecular formula is C33H17BrCl2F8N2O6. The summed E-state index contributed by atoms with van der Waals surface area (Å²) < 4.78 is 118. The molecule has 0 spiro atoms. The van der Waals surface area contributed by atoms with E-state index in [1.165, 1.54) is 18.2 Å². The number of rotatable bonds is 4. The molecule has 6 atom stereocenters. The number of hydrogen-bond donors (Lipinski definition) is 1. The fourth-order valence-electron chi connectivity index (χ4n) is 7.72. The highest BCUT2D eigenvalue weighted by atomic mass is 79.9. The van der Waals surface area contributed by atoms with Crippen LogP contribution in [0, 0.1) is 46.8 Å². The third-order valence-electron chi connectivity index (χ3n) is 9.85. The summed E-state index contributed by atoms with van der Waals surface area (Å²) in [6.07, 6.45) is -5.06. The van der Waals surface area contributed by atoms with Gasteiger partial charge in [-0.1, -0.05) is 27.6 Å². The number of fused-ring (bicyclic) bond motifs is 4. The van der Waals surface area contributed by atoms with Crippen molar-refractivity contribution in [2.45, 2.75) is 34.9 Å². The maximum Gasteiger partial charge on any atom is 0.573 e. The first-order valence-corrected chi connectivity index (χ1v) is 16.5. The molecular weight excluding hydrogens is 823 g/mol. The van der Waals surface area contributed by atoms with Crippen molar-refractivity contribution in [3.63, 3.8) is 0 Å². The van der Waals surface area contributed by atoms with E-state index in [-0.39, 0.29) is 17.7 Å². The first-order valence-electron chi connectivity index (χ1n) is 14.9. The molecule has 2 aliphatic carbocycles. The zero-order valence-corrected chi connectivity index (χ0v) is 28.5. The average Bonchev–Trinajstić information content (AvgIpc) is 3.42. The predicted octanol–water partition coefficient (Wildman–Crippen LogP) is 7.52. The summed E-state index contributed by atoms with van der Waals surface area (Å²) in [7, 11) is 0. The lowest BCUT2D eigenvalue weighted by Crippen LogP contribution is -2.60. The van der Waals surface area contributed by atoms with Gasteiger partial charge < -0.3 is 9.84 Å². The highest BCUT2D eigenvalue weighted by molar-refractivity contribution is 9.10. The molecule has 2 heterocycles. The second-order valence-corrected chi connectivity index (χ2v) is 14.6. The van der Waals surface area contributed by atoms with Crippen molar-refractivity contribution < 1.29 is 64.1 Å². The first-order chi connectivity index (χ1) is 24.2. The van der Waals surface area contributed by atoms with Crippen molar-refractivity contribution in [3.8, 4) is 11.5 Å². The molecule has 52 heavy (non-hydrogen) atoms. The fraction of sp³-hybridized carbons (Fsp3) is 0.273. The smallest absolute Gasteiger partial charge is 0.508 e. The number of carbonyl (C=O) groups excluding carboxylic acids is 4. The Kier molecular flexibility index (Phi) is 8.27. The predicted molar refractivity (Wildman–Crippen MR) is 168 cm³/mol. The topological polar surface area (TPSA) is 104 Å². The Morgan fingerprint density at radius 3 is 2.00 bits per heavy atom. The molecule has 19 heteroatoms. The molecule has 6 unspecified atom stereocenters. The molecule has 1 saturated carbocycles. The number of anilines is 2. The number of amides is 4. The molecule has 0 aromatic heterocycles. The Bertz CT molecular complexity index is 2140. The van der Waals surface area contributed by atoms with E-state index >= 15 is 8.78 Å². The van der Waals surface area contributed by atoms with Crippen LogP contribution in [-0.2, 0) is 19.2 Å². The van der Waals surface area contributed by atoms with Crippen LogP contribution in [-0.4, -0.2) is 44.8 Å². The van der Waals surface area contributed by atoms with Gasteiger partial charge in [0.1, 0.15) is 17.2 Å². The summed E-state index contributed by atoms with van der Waals surface area (Å²) in [5.41, 5.74) is -2.64. The van der Waals surface area contributed by atoms with E-state index in [2.05, 4.69) is 20.7 Å². The number of imide groups is 2. The van der Waals surface area contributed by atoms with Crippen molar-refractivity contribution in [2.24, 2.45) is 17.8 Å². The van der Waals surface area contributed by atoms with Crippen LogP contribution in [0.2, 0.25) is 0 Å². The normalized spacial score (nSPS) is 28.6. The SMILES string of the molecule is O=C1C2CC=C3C(CC4(Cl)C(=O)N(c5c(F)c(F)c(F)c(F)c5F)C(=O)C4(Cl)C3c3cc(OC(F)(F)F)ccc3O)C2C(=O)N1c1ccc(Br)cc1. The Balaban J connectivity index is 1.45. The Labute approximate surface area is 304 Å². The van der Waals surface area contributed by atoms with Crippen LogP contribution in [0.15, 0.2) is 58.6 Å². The Morgan fingerprint density at radius 2 is 1.40 bits per heavy atom. The molecule has 8 nitrogen and oxygen atoms in total. The van der Waals surface area contributed by atoms with Crippen LogP contribution in [0.3, 0.4) is 0 Å². The minimum atomic E-state index is -5.29. The van der Waals surface area contributed by atoms with Gasteiger partial charge in [-0.2, -0.15) is 0 Å². The van der Waals surface area contributed by atoms with Crippen molar-refractivity contribution in [2.75, 3.05) is 9.80 Å². The van der Waals surface area contributed by atoms with Crippen molar-refractivity contribution >= 4 is 74.1 Å². The minimum absolute atomic E-state index is 0.0915. The van der Waals surface area contributed by atoms with Crippen molar-refractivity contribution in [1.29, 1.82) is 0 Å². The lowest BCUT2D eigenvalue weighted by molar-refractivity contribution is -0.274. The van der Waals surface area contributed by atoms with E-state index in [0.717, 1.165) is 4.90 Å². The summed E-state index contributed by atoms with van der Waals surface area (Å²) in [6, 6.07) is 7.99. The lowest BCUT2D eigenvalue weighted by Gasteiger charge is -2.50. The molecule has 7 rings (SSSR count). The highest BCUT2D eigenvalue weighted by Gasteiger charge is 2.77. The number of alkyl halides is 5. The average molecular weight is 840 g/mol. The van der Waals surface area contributed by atoms with E-state index in [1.807, 2.05) is 0 Å². The molecule has 2 saturated heterocycles. The van der Waals surface area contributed by atoms with Crippen LogP contribution in [0.5, 0.6) is 11.5 Å². The molecule has 3 aromatic carbocycles. The Morgan fingerprint density at radius 1 is 0.808 bits per heavy atom. The molecule has 3 fully saturated rings. The van der Waals surface area contributed by atoms with Crippen LogP contribution < -0.4 is 14.5 Å². The Hall–Kier alpha value is -4.22. The number of aromatic hydroxyl groups is 1.